The first-order chi connectivity index (χ1) is 10.1. The fourth-order valence-corrected chi connectivity index (χ4v) is 4.32. The Hall–Kier alpha value is -0.940. The maximum absolute atomic E-state index is 11.0. The quantitative estimate of drug-likeness (QED) is 0.877. The lowest BCUT2D eigenvalue weighted by Crippen LogP contribution is -2.38. The largest absolute Gasteiger partial charge is 0.481 e. The third-order valence-corrected chi connectivity index (χ3v) is 5.73. The third-order valence-electron chi connectivity index (χ3n) is 4.60. The van der Waals surface area contributed by atoms with Crippen molar-refractivity contribution in [1.82, 2.24) is 9.88 Å². The highest BCUT2D eigenvalue weighted by Gasteiger charge is 2.30. The summed E-state index contributed by atoms with van der Waals surface area (Å²) in [6.07, 6.45) is 7.43. The summed E-state index contributed by atoms with van der Waals surface area (Å²) in [5.41, 5.74) is 1.09. The predicted octanol–water partition coefficient (Wildman–Crippen LogP) is 3.06. The minimum atomic E-state index is -0.739. The first kappa shape index (κ1) is 15.0. The van der Waals surface area contributed by atoms with Crippen LogP contribution in [0.25, 0.3) is 0 Å². The van der Waals surface area contributed by atoms with E-state index in [1.54, 1.807) is 11.3 Å². The number of hydrogen-bond donors (Lipinski definition) is 1. The van der Waals surface area contributed by atoms with Crippen LogP contribution in [0, 0.1) is 0 Å². The van der Waals surface area contributed by atoms with Crippen LogP contribution in [-0.2, 0) is 17.6 Å². The smallest absolute Gasteiger partial charge is 0.308 e. The van der Waals surface area contributed by atoms with Crippen molar-refractivity contribution in [2.45, 2.75) is 63.8 Å². The fourth-order valence-electron chi connectivity index (χ4n) is 3.19. The Morgan fingerprint density at radius 1 is 1.38 bits per heavy atom. The van der Waals surface area contributed by atoms with Crippen LogP contribution in [0.15, 0.2) is 0 Å². The van der Waals surface area contributed by atoms with Crippen LogP contribution in [0.5, 0.6) is 0 Å². The number of hydrogen-bond acceptors (Lipinski definition) is 4. The van der Waals surface area contributed by atoms with Gasteiger partial charge in [-0.2, -0.15) is 0 Å². The molecule has 5 heteroatoms. The monoisotopic (exact) mass is 308 g/mol. The molecule has 1 N–H and O–H groups in total. The fraction of sp³-hybridized carbons (Fsp3) is 0.750. The van der Waals surface area contributed by atoms with Crippen molar-refractivity contribution in [1.29, 1.82) is 0 Å². The molecule has 1 atom stereocenters. The standard InChI is InChI=1S/C16H24N2O2S/c1-11-4-2-3-8-18(11)9-7-14-17-16(12-5-6-12)13(21-14)10-15(19)20/h11-12H,2-10H2,1H3,(H,19,20). The Morgan fingerprint density at radius 2 is 2.19 bits per heavy atom. The summed E-state index contributed by atoms with van der Waals surface area (Å²) in [7, 11) is 0. The zero-order valence-corrected chi connectivity index (χ0v) is 13.5. The SMILES string of the molecule is CC1CCCCN1CCc1nc(C2CC2)c(CC(=O)O)s1. The molecule has 1 saturated heterocycles. The summed E-state index contributed by atoms with van der Waals surface area (Å²) in [4.78, 5) is 19.3. The number of aliphatic carboxylic acids is 1. The van der Waals surface area contributed by atoms with E-state index in [2.05, 4.69) is 11.8 Å². The normalized spacial score (nSPS) is 23.4. The zero-order valence-electron chi connectivity index (χ0n) is 12.7. The average Bonchev–Trinajstić information content (AvgIpc) is 3.20. The number of nitrogens with zero attached hydrogens (tertiary/aromatic N) is 2. The molecule has 0 spiro atoms. The van der Waals surface area contributed by atoms with Gasteiger partial charge in [-0.15, -0.1) is 11.3 Å². The number of carboxylic acid groups (broad SMARTS) is 1. The van der Waals surface area contributed by atoms with E-state index in [0.717, 1.165) is 28.5 Å². The lowest BCUT2D eigenvalue weighted by atomic mass is 10.0. The van der Waals surface area contributed by atoms with Crippen LogP contribution in [-0.4, -0.2) is 40.1 Å². The van der Waals surface area contributed by atoms with E-state index in [0.29, 0.717) is 12.0 Å². The Morgan fingerprint density at radius 3 is 2.86 bits per heavy atom. The Labute approximate surface area is 130 Å². The van der Waals surface area contributed by atoms with Gasteiger partial charge in [0.2, 0.25) is 0 Å². The number of piperidine rings is 1. The lowest BCUT2D eigenvalue weighted by Gasteiger charge is -2.33. The maximum atomic E-state index is 11.0. The first-order valence-electron chi connectivity index (χ1n) is 8.08. The van der Waals surface area contributed by atoms with E-state index in [9.17, 15) is 4.79 Å². The summed E-state index contributed by atoms with van der Waals surface area (Å²) in [5, 5.41) is 10.2. The van der Waals surface area contributed by atoms with Crippen LogP contribution in [0.2, 0.25) is 0 Å². The van der Waals surface area contributed by atoms with E-state index in [1.807, 2.05) is 0 Å². The van der Waals surface area contributed by atoms with Crippen LogP contribution >= 0.6 is 11.3 Å². The van der Waals surface area contributed by atoms with Gasteiger partial charge >= 0.3 is 5.97 Å². The van der Waals surface area contributed by atoms with E-state index in [1.165, 1.54) is 38.6 Å². The van der Waals surface area contributed by atoms with Crippen molar-refractivity contribution in [3.8, 4) is 0 Å². The van der Waals surface area contributed by atoms with Crippen molar-refractivity contribution >= 4 is 17.3 Å². The summed E-state index contributed by atoms with van der Waals surface area (Å²) < 4.78 is 0. The van der Waals surface area contributed by atoms with Gasteiger partial charge < -0.3 is 10.0 Å². The van der Waals surface area contributed by atoms with Crippen LogP contribution in [0.4, 0.5) is 0 Å². The average molecular weight is 308 g/mol. The molecule has 116 valence electrons. The molecule has 2 aliphatic rings. The molecule has 1 aromatic rings. The van der Waals surface area contributed by atoms with E-state index in [4.69, 9.17) is 10.1 Å². The van der Waals surface area contributed by atoms with Crippen molar-refractivity contribution in [3.63, 3.8) is 0 Å². The number of carbonyl (C=O) groups is 1. The van der Waals surface area contributed by atoms with E-state index >= 15 is 0 Å². The maximum Gasteiger partial charge on any atom is 0.308 e. The second-order valence-corrected chi connectivity index (χ2v) is 7.56. The molecule has 0 bridgehead atoms. The highest BCUT2D eigenvalue weighted by atomic mass is 32.1. The lowest BCUT2D eigenvalue weighted by molar-refractivity contribution is -0.136. The third kappa shape index (κ3) is 3.83. The highest BCUT2D eigenvalue weighted by molar-refractivity contribution is 7.11. The molecule has 3 rings (SSSR count). The van der Waals surface area contributed by atoms with Crippen LogP contribution in [0.1, 0.15) is 60.5 Å². The molecule has 2 heterocycles. The summed E-state index contributed by atoms with van der Waals surface area (Å²) in [5.74, 6) is -0.199. The molecule has 21 heavy (non-hydrogen) atoms. The zero-order chi connectivity index (χ0) is 14.8. The van der Waals surface area contributed by atoms with Crippen LogP contribution < -0.4 is 0 Å². The van der Waals surface area contributed by atoms with Crippen LogP contribution in [0.3, 0.4) is 0 Å². The second kappa shape index (κ2) is 6.44. The van der Waals surface area contributed by atoms with Gasteiger partial charge in [0.1, 0.15) is 0 Å². The van der Waals surface area contributed by atoms with Crippen molar-refractivity contribution in [2.24, 2.45) is 0 Å². The van der Waals surface area contributed by atoms with Gasteiger partial charge in [-0.05, 0) is 39.2 Å². The minimum absolute atomic E-state index is 0.142. The van der Waals surface area contributed by atoms with Crippen molar-refractivity contribution in [3.05, 3.63) is 15.6 Å². The second-order valence-electron chi connectivity index (χ2n) is 6.39. The minimum Gasteiger partial charge on any atom is -0.481 e. The van der Waals surface area contributed by atoms with E-state index in [-0.39, 0.29) is 6.42 Å². The molecule has 1 unspecified atom stereocenters. The molecule has 1 aliphatic heterocycles. The number of carboxylic acids is 1. The molecule has 0 aromatic carbocycles. The van der Waals surface area contributed by atoms with Crippen molar-refractivity contribution < 1.29 is 9.90 Å². The Kier molecular flexibility index (Phi) is 4.60. The molecule has 4 nitrogen and oxygen atoms in total. The highest BCUT2D eigenvalue weighted by Crippen LogP contribution is 2.42. The molecular weight excluding hydrogens is 284 g/mol. The first-order valence-corrected chi connectivity index (χ1v) is 8.89. The predicted molar refractivity (Wildman–Crippen MR) is 84.0 cm³/mol. The van der Waals surface area contributed by atoms with Crippen molar-refractivity contribution in [2.75, 3.05) is 13.1 Å². The molecule has 1 aliphatic carbocycles. The number of rotatable bonds is 6. The molecule has 2 fully saturated rings. The summed E-state index contributed by atoms with van der Waals surface area (Å²) >= 11 is 1.63. The molecule has 1 aromatic heterocycles. The van der Waals surface area contributed by atoms with Gasteiger partial charge in [-0.3, -0.25) is 4.79 Å². The molecule has 1 saturated carbocycles. The number of thiazole rings is 1. The van der Waals surface area contributed by atoms with Gasteiger partial charge in [0.25, 0.3) is 0 Å². The van der Waals surface area contributed by atoms with Gasteiger partial charge in [-0.1, -0.05) is 6.42 Å². The topological polar surface area (TPSA) is 53.4 Å². The molecular formula is C16H24N2O2S. The van der Waals surface area contributed by atoms with Gasteiger partial charge in [0.15, 0.2) is 0 Å². The Balaban J connectivity index is 1.63. The molecule has 0 amide bonds. The van der Waals surface area contributed by atoms with Gasteiger partial charge in [0, 0.05) is 29.8 Å². The van der Waals surface area contributed by atoms with Gasteiger partial charge in [-0.25, -0.2) is 4.98 Å². The molecule has 0 radical (unpaired) electrons. The summed E-state index contributed by atoms with van der Waals surface area (Å²) in [6.45, 7) is 4.57. The number of aromatic nitrogens is 1. The number of likely N-dealkylation sites (tertiary alicyclic amines) is 1. The van der Waals surface area contributed by atoms with Gasteiger partial charge in [0.05, 0.1) is 17.1 Å². The van der Waals surface area contributed by atoms with E-state index < -0.39 is 5.97 Å². The summed E-state index contributed by atoms with van der Waals surface area (Å²) in [6, 6.07) is 0.681. The Bertz CT molecular complexity index is 510.